The van der Waals surface area contributed by atoms with Gasteiger partial charge < -0.3 is 29.7 Å². The highest BCUT2D eigenvalue weighted by Crippen LogP contribution is 2.29. The topological polar surface area (TPSA) is 140 Å². The molecule has 0 aliphatic carbocycles. The average Bonchev–Trinajstić information content (AvgIpc) is 3.02. The van der Waals surface area contributed by atoms with Gasteiger partial charge in [-0.1, -0.05) is 0 Å². The summed E-state index contributed by atoms with van der Waals surface area (Å²) >= 11 is 0. The van der Waals surface area contributed by atoms with Crippen molar-refractivity contribution >= 4 is 23.2 Å². The molecule has 3 aliphatic heterocycles. The molecule has 0 unspecified atom stereocenters. The van der Waals surface area contributed by atoms with Crippen LogP contribution in [0.2, 0.25) is 0 Å². The number of rotatable bonds is 9. The third-order valence-corrected chi connectivity index (χ3v) is 8.31. The molecular formula is C31H35FN8O4. The molecule has 1 amide bonds. The molecule has 2 aromatic carbocycles. The lowest BCUT2D eigenvalue weighted by Gasteiger charge is -2.43. The van der Waals surface area contributed by atoms with Crippen LogP contribution in [-0.4, -0.2) is 113 Å². The van der Waals surface area contributed by atoms with Crippen molar-refractivity contribution in [2.45, 2.75) is 31.2 Å². The molecule has 12 nitrogen and oxygen atoms in total. The van der Waals surface area contributed by atoms with Crippen LogP contribution in [0.15, 0.2) is 48.8 Å². The lowest BCUT2D eigenvalue weighted by Crippen LogP contribution is -2.56. The third-order valence-electron chi connectivity index (χ3n) is 8.31. The van der Waals surface area contributed by atoms with Gasteiger partial charge in [-0.25, -0.2) is 14.4 Å². The van der Waals surface area contributed by atoms with E-state index in [1.807, 2.05) is 12.1 Å². The Labute approximate surface area is 255 Å². The number of aliphatic hydroxyl groups excluding tert-OH is 1. The monoisotopic (exact) mass is 602 g/mol. The van der Waals surface area contributed by atoms with E-state index in [0.717, 1.165) is 45.1 Å². The van der Waals surface area contributed by atoms with Gasteiger partial charge in [0, 0.05) is 62.5 Å². The number of nitrogens with one attached hydrogen (secondary N) is 1. The Morgan fingerprint density at radius 2 is 1.91 bits per heavy atom. The van der Waals surface area contributed by atoms with Crippen LogP contribution in [0, 0.1) is 11.3 Å². The van der Waals surface area contributed by atoms with Gasteiger partial charge in [0.1, 0.15) is 24.3 Å². The number of halogens is 1. The number of likely N-dealkylation sites (tertiary alicyclic amines) is 1. The van der Waals surface area contributed by atoms with Crippen molar-refractivity contribution in [3.05, 3.63) is 54.4 Å². The number of amides is 1. The summed E-state index contributed by atoms with van der Waals surface area (Å²) in [6.07, 6.45) is -0.559. The van der Waals surface area contributed by atoms with Crippen LogP contribution in [0.25, 0.3) is 11.4 Å². The van der Waals surface area contributed by atoms with Crippen LogP contribution >= 0.6 is 0 Å². The fourth-order valence-electron chi connectivity index (χ4n) is 5.68. The third kappa shape index (κ3) is 6.72. The number of nitriles is 1. The number of hydrogen-bond donors (Lipinski definition) is 2. The van der Waals surface area contributed by atoms with Crippen LogP contribution in [0.5, 0.6) is 5.75 Å². The fraction of sp³-hybridized carbons (Fsp3) is 0.452. The molecule has 6 rings (SSSR count). The second-order valence-electron chi connectivity index (χ2n) is 11.1. The van der Waals surface area contributed by atoms with E-state index in [1.165, 1.54) is 16.9 Å². The molecule has 1 aromatic heterocycles. The summed E-state index contributed by atoms with van der Waals surface area (Å²) in [5.74, 6) is 0.699. The minimum Gasteiger partial charge on any atom is -0.486 e. The number of alkyl halides is 1. The SMILES string of the molecule is N#Cc1cc(-c2ncnc(Nc3ccc(N4CCN(C5COC5)CC4)cc3)n2)ccc1O[C@H]1CCN(C(=O)CCO)C[C@@H]1F. The summed E-state index contributed by atoms with van der Waals surface area (Å²) in [4.78, 5) is 31.4. The van der Waals surface area contributed by atoms with Crippen LogP contribution in [0.1, 0.15) is 18.4 Å². The first-order valence-electron chi connectivity index (χ1n) is 14.9. The summed E-state index contributed by atoms with van der Waals surface area (Å²) in [6, 6.07) is 15.8. The minimum absolute atomic E-state index is 0.0338. The Kier molecular flexibility index (Phi) is 9.11. The molecule has 0 spiro atoms. The Morgan fingerprint density at radius 1 is 1.11 bits per heavy atom. The molecule has 230 valence electrons. The molecule has 2 atom stereocenters. The van der Waals surface area contributed by atoms with Crippen LogP contribution in [0.4, 0.5) is 21.7 Å². The molecule has 3 fully saturated rings. The molecule has 3 aromatic rings. The smallest absolute Gasteiger partial charge is 0.230 e. The predicted octanol–water partition coefficient (Wildman–Crippen LogP) is 2.37. The van der Waals surface area contributed by atoms with E-state index >= 15 is 0 Å². The maximum atomic E-state index is 14.9. The summed E-state index contributed by atoms with van der Waals surface area (Å²) in [5, 5.41) is 22.0. The number of carbonyl (C=O) groups is 1. The zero-order valence-electron chi connectivity index (χ0n) is 24.3. The highest BCUT2D eigenvalue weighted by molar-refractivity contribution is 5.76. The largest absolute Gasteiger partial charge is 0.486 e. The molecular weight excluding hydrogens is 567 g/mol. The van der Waals surface area contributed by atoms with Gasteiger partial charge in [0.05, 0.1) is 38.0 Å². The van der Waals surface area contributed by atoms with Crippen molar-refractivity contribution in [3.63, 3.8) is 0 Å². The van der Waals surface area contributed by atoms with Gasteiger partial charge in [-0.15, -0.1) is 0 Å². The number of hydrogen-bond acceptors (Lipinski definition) is 11. The minimum atomic E-state index is -1.42. The first-order valence-corrected chi connectivity index (χ1v) is 14.9. The predicted molar refractivity (Wildman–Crippen MR) is 160 cm³/mol. The summed E-state index contributed by atoms with van der Waals surface area (Å²) in [7, 11) is 0. The van der Waals surface area contributed by atoms with Gasteiger partial charge in [0.15, 0.2) is 12.0 Å². The standard InChI is InChI=1S/C31H35FN8O4/c32-26-17-40(29(42)8-14-41)9-7-28(26)44-27-6-1-21(15-22(27)16-33)30-34-20-35-31(37-30)36-23-2-4-24(5-3-23)38-10-12-39(13-11-38)25-18-43-19-25/h1-6,15,20,25-26,28,41H,7-14,17-19H2,(H,34,35,36,37)/t26-,28-/m0/s1. The number of aliphatic hydroxyl groups is 1. The normalized spacial score (nSPS) is 20.9. The van der Waals surface area contributed by atoms with Crippen molar-refractivity contribution in [3.8, 4) is 23.2 Å². The Hall–Kier alpha value is -4.38. The highest BCUT2D eigenvalue weighted by Gasteiger charge is 2.33. The van der Waals surface area contributed by atoms with Gasteiger partial charge in [-0.05, 0) is 42.5 Å². The number of ether oxygens (including phenoxy) is 2. The second-order valence-corrected chi connectivity index (χ2v) is 11.1. The summed E-state index contributed by atoms with van der Waals surface area (Å²) in [6.45, 7) is 5.66. The van der Waals surface area contributed by atoms with Crippen LogP contribution in [-0.2, 0) is 9.53 Å². The Bertz CT molecular complexity index is 1490. The Morgan fingerprint density at radius 3 is 2.59 bits per heavy atom. The van der Waals surface area contributed by atoms with Gasteiger partial charge in [0.25, 0.3) is 0 Å². The first-order chi connectivity index (χ1) is 21.5. The molecule has 0 bridgehead atoms. The molecule has 3 aliphatic rings. The lowest BCUT2D eigenvalue weighted by atomic mass is 10.0. The van der Waals surface area contributed by atoms with Crippen molar-refractivity contribution in [1.82, 2.24) is 24.8 Å². The maximum absolute atomic E-state index is 14.9. The highest BCUT2D eigenvalue weighted by atomic mass is 19.1. The van der Waals surface area contributed by atoms with Gasteiger partial charge >= 0.3 is 0 Å². The number of anilines is 3. The van der Waals surface area contributed by atoms with E-state index in [4.69, 9.17) is 14.6 Å². The number of piperazine rings is 1. The Balaban J connectivity index is 1.07. The number of benzene rings is 2. The second kappa shape index (κ2) is 13.5. The number of piperidine rings is 1. The molecule has 2 N–H and O–H groups in total. The van der Waals surface area contributed by atoms with E-state index in [2.05, 4.69) is 48.3 Å². The van der Waals surface area contributed by atoms with Crippen molar-refractivity contribution in [2.24, 2.45) is 0 Å². The van der Waals surface area contributed by atoms with Crippen molar-refractivity contribution < 1.29 is 23.8 Å². The lowest BCUT2D eigenvalue weighted by molar-refractivity contribution is -0.135. The van der Waals surface area contributed by atoms with E-state index in [9.17, 15) is 14.4 Å². The average molecular weight is 603 g/mol. The number of aromatic nitrogens is 3. The summed E-state index contributed by atoms with van der Waals surface area (Å²) in [5.41, 5.74) is 2.81. The van der Waals surface area contributed by atoms with Gasteiger partial charge in [0.2, 0.25) is 11.9 Å². The molecule has 4 heterocycles. The van der Waals surface area contributed by atoms with Crippen LogP contribution in [0.3, 0.4) is 0 Å². The quantitative estimate of drug-likeness (QED) is 0.373. The van der Waals surface area contributed by atoms with Gasteiger partial charge in [-0.3, -0.25) is 9.69 Å². The van der Waals surface area contributed by atoms with Crippen LogP contribution < -0.4 is 15.0 Å². The fourth-order valence-corrected chi connectivity index (χ4v) is 5.68. The zero-order valence-corrected chi connectivity index (χ0v) is 24.3. The van der Waals surface area contributed by atoms with Crippen molar-refractivity contribution in [1.29, 1.82) is 5.26 Å². The number of nitrogens with zero attached hydrogens (tertiary/aromatic N) is 7. The molecule has 3 saturated heterocycles. The molecule has 0 radical (unpaired) electrons. The molecule has 13 heteroatoms. The molecule has 0 saturated carbocycles. The van der Waals surface area contributed by atoms with E-state index in [1.54, 1.807) is 18.2 Å². The van der Waals surface area contributed by atoms with Gasteiger partial charge in [-0.2, -0.15) is 10.2 Å². The summed E-state index contributed by atoms with van der Waals surface area (Å²) < 4.78 is 26.1. The van der Waals surface area contributed by atoms with E-state index < -0.39 is 12.3 Å². The maximum Gasteiger partial charge on any atom is 0.230 e. The van der Waals surface area contributed by atoms with E-state index in [0.29, 0.717) is 29.9 Å². The number of carbonyl (C=O) groups excluding carboxylic acids is 1. The zero-order chi connectivity index (χ0) is 30.5. The first kappa shape index (κ1) is 29.7. The molecule has 44 heavy (non-hydrogen) atoms. The van der Waals surface area contributed by atoms with Crippen molar-refractivity contribution in [2.75, 3.05) is 69.3 Å². The van der Waals surface area contributed by atoms with E-state index in [-0.39, 0.29) is 43.2 Å².